The summed E-state index contributed by atoms with van der Waals surface area (Å²) < 4.78 is 6.83. The average molecular weight is 380 g/mol. The van der Waals surface area contributed by atoms with Gasteiger partial charge in [-0.3, -0.25) is 25.1 Å². The minimum atomic E-state index is -0.416. The van der Waals surface area contributed by atoms with Crippen LogP contribution in [0.15, 0.2) is 42.5 Å². The molecule has 0 aliphatic rings. The number of ether oxygens (including phenoxy) is 1. The monoisotopic (exact) mass is 380 g/mol. The summed E-state index contributed by atoms with van der Waals surface area (Å²) in [5.74, 6) is -0.246. The van der Waals surface area contributed by atoms with Crippen molar-refractivity contribution in [3.8, 4) is 5.75 Å². The molecule has 0 aliphatic carbocycles. The first-order chi connectivity index (χ1) is 13.4. The Labute approximate surface area is 163 Å². The summed E-state index contributed by atoms with van der Waals surface area (Å²) in [6.45, 7) is 5.59. The van der Waals surface area contributed by atoms with E-state index >= 15 is 0 Å². The number of aryl methyl sites for hydroxylation is 2. The predicted molar refractivity (Wildman–Crippen MR) is 107 cm³/mol. The molecule has 3 rings (SSSR count). The normalized spacial score (nSPS) is 11.9. The van der Waals surface area contributed by atoms with Crippen LogP contribution in [0.3, 0.4) is 0 Å². The van der Waals surface area contributed by atoms with E-state index in [0.29, 0.717) is 0 Å². The lowest BCUT2D eigenvalue weighted by Gasteiger charge is -2.14. The summed E-state index contributed by atoms with van der Waals surface area (Å²) in [5.41, 5.74) is 7.55. The highest BCUT2D eigenvalue weighted by atomic mass is 16.5. The van der Waals surface area contributed by atoms with E-state index in [1.807, 2.05) is 56.3 Å². The minimum absolute atomic E-state index is 0.0478. The highest BCUT2D eigenvalue weighted by Gasteiger charge is 2.17. The molecule has 1 aromatic heterocycles. The summed E-state index contributed by atoms with van der Waals surface area (Å²) in [4.78, 5) is 24.5. The Bertz CT molecular complexity index is 1030. The van der Waals surface area contributed by atoms with Crippen LogP contribution in [0.2, 0.25) is 0 Å². The Morgan fingerprint density at radius 3 is 2.46 bits per heavy atom. The van der Waals surface area contributed by atoms with Crippen LogP contribution in [0.1, 0.15) is 29.8 Å². The molecule has 7 nitrogen and oxygen atoms in total. The molecule has 2 aromatic carbocycles. The molecule has 146 valence electrons. The third-order valence-corrected chi connectivity index (χ3v) is 4.69. The lowest BCUT2D eigenvalue weighted by Crippen LogP contribution is -2.45. The number of methoxy groups -OCH3 is 1. The molecule has 0 spiro atoms. The smallest absolute Gasteiger partial charge is 0.260 e. The number of aromatic nitrogens is 2. The molecular weight excluding hydrogens is 356 g/mol. The van der Waals surface area contributed by atoms with E-state index in [0.717, 1.165) is 33.5 Å². The van der Waals surface area contributed by atoms with Gasteiger partial charge in [-0.2, -0.15) is 5.10 Å². The SMILES string of the molecule is COc1ccc2cc([C@H](C)C(=O)NNC(=O)Cn3nc(C)cc3C)ccc2c1. The summed E-state index contributed by atoms with van der Waals surface area (Å²) in [5, 5.41) is 6.29. The van der Waals surface area contributed by atoms with E-state index in [1.54, 1.807) is 18.7 Å². The van der Waals surface area contributed by atoms with Gasteiger partial charge in [0, 0.05) is 5.69 Å². The van der Waals surface area contributed by atoms with Crippen molar-refractivity contribution in [1.29, 1.82) is 0 Å². The standard InChI is InChI=1S/C21H24N4O3/c1-13-9-14(2)25(24-13)12-20(26)22-23-21(27)15(3)16-5-6-18-11-19(28-4)8-7-17(18)10-16/h5-11,15H,12H2,1-4H3,(H,22,26)(H,23,27)/t15-/m0/s1. The summed E-state index contributed by atoms with van der Waals surface area (Å²) in [6.07, 6.45) is 0. The first kappa shape index (κ1) is 19.4. The van der Waals surface area contributed by atoms with Gasteiger partial charge in [0.25, 0.3) is 5.91 Å². The molecule has 0 saturated carbocycles. The van der Waals surface area contributed by atoms with Gasteiger partial charge >= 0.3 is 0 Å². The number of hydrogen-bond donors (Lipinski definition) is 2. The number of hydrazine groups is 1. The molecule has 0 aliphatic heterocycles. The third kappa shape index (κ3) is 4.31. The van der Waals surface area contributed by atoms with Gasteiger partial charge in [0.15, 0.2) is 0 Å². The van der Waals surface area contributed by atoms with Crippen molar-refractivity contribution >= 4 is 22.6 Å². The van der Waals surface area contributed by atoms with E-state index in [9.17, 15) is 9.59 Å². The molecule has 0 unspecified atom stereocenters. The molecule has 28 heavy (non-hydrogen) atoms. The molecule has 0 radical (unpaired) electrons. The molecule has 0 bridgehead atoms. The number of rotatable bonds is 5. The van der Waals surface area contributed by atoms with Gasteiger partial charge in [-0.05, 0) is 55.3 Å². The van der Waals surface area contributed by atoms with Gasteiger partial charge < -0.3 is 4.74 Å². The number of carbonyl (C=O) groups is 2. The van der Waals surface area contributed by atoms with Gasteiger partial charge in [0.1, 0.15) is 12.3 Å². The number of benzene rings is 2. The van der Waals surface area contributed by atoms with Gasteiger partial charge in [-0.1, -0.05) is 24.3 Å². The maximum absolute atomic E-state index is 12.4. The predicted octanol–water partition coefficient (Wildman–Crippen LogP) is 2.61. The lowest BCUT2D eigenvalue weighted by atomic mass is 9.97. The molecule has 2 N–H and O–H groups in total. The van der Waals surface area contributed by atoms with E-state index in [2.05, 4.69) is 16.0 Å². The van der Waals surface area contributed by atoms with Gasteiger partial charge in [-0.25, -0.2) is 0 Å². The molecule has 1 heterocycles. The second-order valence-corrected chi connectivity index (χ2v) is 6.82. The highest BCUT2D eigenvalue weighted by Crippen LogP contribution is 2.25. The Balaban J connectivity index is 1.61. The van der Waals surface area contributed by atoms with Crippen LogP contribution in [-0.4, -0.2) is 28.7 Å². The fourth-order valence-corrected chi connectivity index (χ4v) is 3.04. The topological polar surface area (TPSA) is 85.3 Å². The molecule has 0 fully saturated rings. The van der Waals surface area contributed by atoms with Gasteiger partial charge in [0.2, 0.25) is 5.91 Å². The summed E-state index contributed by atoms with van der Waals surface area (Å²) >= 11 is 0. The van der Waals surface area contributed by atoms with Crippen molar-refractivity contribution in [3.05, 3.63) is 59.4 Å². The second-order valence-electron chi connectivity index (χ2n) is 6.82. The number of nitrogens with zero attached hydrogens (tertiary/aromatic N) is 2. The van der Waals surface area contributed by atoms with E-state index in [1.165, 1.54) is 0 Å². The van der Waals surface area contributed by atoms with Crippen LogP contribution in [0.4, 0.5) is 0 Å². The molecule has 2 amide bonds. The highest BCUT2D eigenvalue weighted by molar-refractivity contribution is 5.89. The molecular formula is C21H24N4O3. The van der Waals surface area contributed by atoms with Crippen LogP contribution >= 0.6 is 0 Å². The molecule has 1 atom stereocenters. The van der Waals surface area contributed by atoms with Crippen molar-refractivity contribution in [2.45, 2.75) is 33.2 Å². The van der Waals surface area contributed by atoms with E-state index in [4.69, 9.17) is 4.74 Å². The van der Waals surface area contributed by atoms with Crippen molar-refractivity contribution in [3.63, 3.8) is 0 Å². The van der Waals surface area contributed by atoms with Gasteiger partial charge in [0.05, 0.1) is 18.7 Å². The maximum atomic E-state index is 12.4. The zero-order valence-corrected chi connectivity index (χ0v) is 16.4. The summed E-state index contributed by atoms with van der Waals surface area (Å²) in [6, 6.07) is 13.5. The van der Waals surface area contributed by atoms with E-state index in [-0.39, 0.29) is 18.4 Å². The van der Waals surface area contributed by atoms with Crippen molar-refractivity contribution < 1.29 is 14.3 Å². The second kappa shape index (κ2) is 8.12. The zero-order chi connectivity index (χ0) is 20.3. The first-order valence-electron chi connectivity index (χ1n) is 9.05. The average Bonchev–Trinajstić information content (AvgIpc) is 3.01. The van der Waals surface area contributed by atoms with Crippen LogP contribution in [0.5, 0.6) is 5.75 Å². The quantitative estimate of drug-likeness (QED) is 0.667. The minimum Gasteiger partial charge on any atom is -0.497 e. The Kier molecular flexibility index (Phi) is 5.63. The number of carbonyl (C=O) groups excluding carboxylic acids is 2. The Morgan fingerprint density at radius 2 is 1.79 bits per heavy atom. The maximum Gasteiger partial charge on any atom is 0.260 e. The number of amides is 2. The first-order valence-corrected chi connectivity index (χ1v) is 9.05. The van der Waals surface area contributed by atoms with Crippen LogP contribution in [-0.2, 0) is 16.1 Å². The molecule has 0 saturated heterocycles. The molecule has 3 aromatic rings. The number of fused-ring (bicyclic) bond motifs is 1. The lowest BCUT2D eigenvalue weighted by molar-refractivity contribution is -0.129. The summed E-state index contributed by atoms with van der Waals surface area (Å²) in [7, 11) is 1.63. The van der Waals surface area contributed by atoms with Gasteiger partial charge in [-0.15, -0.1) is 0 Å². The van der Waals surface area contributed by atoms with E-state index < -0.39 is 5.92 Å². The third-order valence-electron chi connectivity index (χ3n) is 4.69. The number of hydrogen-bond acceptors (Lipinski definition) is 4. The molecule has 7 heteroatoms. The largest absolute Gasteiger partial charge is 0.497 e. The Morgan fingerprint density at radius 1 is 1.07 bits per heavy atom. The number of nitrogens with one attached hydrogen (secondary N) is 2. The van der Waals surface area contributed by atoms with Crippen molar-refractivity contribution in [2.24, 2.45) is 0 Å². The fourth-order valence-electron chi connectivity index (χ4n) is 3.04. The van der Waals surface area contributed by atoms with Crippen molar-refractivity contribution in [1.82, 2.24) is 20.6 Å². The zero-order valence-electron chi connectivity index (χ0n) is 16.4. The van der Waals surface area contributed by atoms with Crippen LogP contribution in [0.25, 0.3) is 10.8 Å². The van der Waals surface area contributed by atoms with Crippen LogP contribution < -0.4 is 15.6 Å². The van der Waals surface area contributed by atoms with Crippen LogP contribution in [0, 0.1) is 13.8 Å². The Hall–Kier alpha value is -3.35. The fraction of sp³-hybridized carbons (Fsp3) is 0.286. The van der Waals surface area contributed by atoms with Crippen molar-refractivity contribution in [2.75, 3.05) is 7.11 Å².